The number of nitrogens with one attached hydrogen (secondary N) is 1. The summed E-state index contributed by atoms with van der Waals surface area (Å²) in [6, 6.07) is 8.31. The van der Waals surface area contributed by atoms with Crippen molar-refractivity contribution in [2.45, 2.75) is 52.0 Å². The van der Waals surface area contributed by atoms with Gasteiger partial charge in [-0.15, -0.1) is 0 Å². The lowest BCUT2D eigenvalue weighted by Crippen LogP contribution is -2.34. The summed E-state index contributed by atoms with van der Waals surface area (Å²) in [5.41, 5.74) is 1.30. The zero-order valence-electron chi connectivity index (χ0n) is 13.3. The van der Waals surface area contributed by atoms with Gasteiger partial charge >= 0.3 is 0 Å². The highest BCUT2D eigenvalue weighted by molar-refractivity contribution is 5.38. The van der Waals surface area contributed by atoms with Crippen molar-refractivity contribution in [2.24, 2.45) is 0 Å². The topological polar surface area (TPSA) is 41.5 Å². The molecule has 0 heterocycles. The van der Waals surface area contributed by atoms with Crippen molar-refractivity contribution in [3.8, 4) is 5.75 Å². The molecule has 0 radical (unpaired) electrons. The van der Waals surface area contributed by atoms with Gasteiger partial charge in [0.2, 0.25) is 0 Å². The first kappa shape index (κ1) is 17.0. The van der Waals surface area contributed by atoms with Gasteiger partial charge in [0, 0.05) is 6.04 Å². The van der Waals surface area contributed by atoms with Crippen molar-refractivity contribution in [3.05, 3.63) is 29.8 Å². The molecule has 0 saturated heterocycles. The van der Waals surface area contributed by atoms with Crippen LogP contribution in [0.15, 0.2) is 24.3 Å². The molecule has 3 heteroatoms. The maximum atomic E-state index is 9.32. The maximum Gasteiger partial charge on any atom is 0.123 e. The molecule has 0 aliphatic carbocycles. The number of ether oxygens (including phenoxy) is 1. The van der Waals surface area contributed by atoms with E-state index in [9.17, 15) is 5.11 Å². The minimum atomic E-state index is 0.0768. The van der Waals surface area contributed by atoms with Crippen LogP contribution in [0.2, 0.25) is 0 Å². The average Bonchev–Trinajstić information content (AvgIpc) is 2.42. The molecule has 0 spiro atoms. The summed E-state index contributed by atoms with van der Waals surface area (Å²) >= 11 is 0. The third kappa shape index (κ3) is 5.51. The lowest BCUT2D eigenvalue weighted by Gasteiger charge is -2.23. The highest BCUT2D eigenvalue weighted by Crippen LogP contribution is 2.30. The molecule has 0 aromatic heterocycles. The lowest BCUT2D eigenvalue weighted by atomic mass is 9.86. The van der Waals surface area contributed by atoms with E-state index < -0.39 is 0 Å². The molecule has 1 atom stereocenters. The predicted molar refractivity (Wildman–Crippen MR) is 84.4 cm³/mol. The molecule has 0 saturated carbocycles. The zero-order valence-corrected chi connectivity index (χ0v) is 13.3. The number of rotatable bonds is 8. The third-order valence-corrected chi connectivity index (χ3v) is 3.32. The normalized spacial score (nSPS) is 13.2. The molecule has 3 nitrogen and oxygen atoms in total. The van der Waals surface area contributed by atoms with Crippen molar-refractivity contribution < 1.29 is 9.84 Å². The van der Waals surface area contributed by atoms with Crippen LogP contribution in [0.1, 0.15) is 46.1 Å². The number of hydrogen-bond donors (Lipinski definition) is 2. The Hall–Kier alpha value is -1.06. The summed E-state index contributed by atoms with van der Waals surface area (Å²) in [5.74, 6) is 0.951. The second kappa shape index (κ2) is 8.28. The van der Waals surface area contributed by atoms with E-state index in [0.717, 1.165) is 25.1 Å². The second-order valence-electron chi connectivity index (χ2n) is 6.22. The van der Waals surface area contributed by atoms with Gasteiger partial charge in [-0.3, -0.25) is 0 Å². The monoisotopic (exact) mass is 279 g/mol. The molecule has 1 aromatic rings. The Balaban J connectivity index is 2.53. The minimum absolute atomic E-state index is 0.0768. The molecular weight excluding hydrogens is 250 g/mol. The van der Waals surface area contributed by atoms with Crippen molar-refractivity contribution in [3.63, 3.8) is 0 Å². The molecule has 0 bridgehead atoms. The van der Waals surface area contributed by atoms with Gasteiger partial charge in [0.25, 0.3) is 0 Å². The fourth-order valence-corrected chi connectivity index (χ4v) is 2.13. The Morgan fingerprint density at radius 2 is 1.95 bits per heavy atom. The van der Waals surface area contributed by atoms with E-state index in [1.54, 1.807) is 0 Å². The second-order valence-corrected chi connectivity index (χ2v) is 6.22. The first-order chi connectivity index (χ1) is 9.49. The summed E-state index contributed by atoms with van der Waals surface area (Å²) in [5, 5.41) is 12.6. The fraction of sp³-hybridized carbons (Fsp3) is 0.647. The SMILES string of the molecule is CCCNC(CO)CCOc1ccccc1C(C)(C)C. The van der Waals surface area contributed by atoms with Crippen molar-refractivity contribution >= 4 is 0 Å². The standard InChI is InChI=1S/C17H29NO2/c1-5-11-18-14(13-19)10-12-20-16-9-7-6-8-15(16)17(2,3)4/h6-9,14,18-19H,5,10-13H2,1-4H3. The molecule has 0 amide bonds. The first-order valence-corrected chi connectivity index (χ1v) is 7.55. The van der Waals surface area contributed by atoms with Crippen LogP contribution >= 0.6 is 0 Å². The lowest BCUT2D eigenvalue weighted by molar-refractivity contribution is 0.207. The van der Waals surface area contributed by atoms with Gasteiger partial charge in [0.15, 0.2) is 0 Å². The average molecular weight is 279 g/mol. The van der Waals surface area contributed by atoms with Crippen LogP contribution in [0.4, 0.5) is 0 Å². The highest BCUT2D eigenvalue weighted by Gasteiger charge is 2.18. The summed E-state index contributed by atoms with van der Waals surface area (Å²) in [4.78, 5) is 0. The summed E-state index contributed by atoms with van der Waals surface area (Å²) in [6.07, 6.45) is 1.89. The van der Waals surface area contributed by atoms with E-state index in [2.05, 4.69) is 39.1 Å². The Morgan fingerprint density at radius 1 is 1.25 bits per heavy atom. The summed E-state index contributed by atoms with van der Waals surface area (Å²) < 4.78 is 5.92. The molecule has 2 N–H and O–H groups in total. The summed E-state index contributed by atoms with van der Waals surface area (Å²) in [7, 11) is 0. The van der Waals surface area contributed by atoms with E-state index in [0.29, 0.717) is 6.61 Å². The van der Waals surface area contributed by atoms with Crippen molar-refractivity contribution in [1.82, 2.24) is 5.32 Å². The molecule has 20 heavy (non-hydrogen) atoms. The van der Waals surface area contributed by atoms with Gasteiger partial charge in [-0.2, -0.15) is 0 Å². The van der Waals surface area contributed by atoms with Crippen molar-refractivity contribution in [1.29, 1.82) is 0 Å². The fourth-order valence-electron chi connectivity index (χ4n) is 2.13. The van der Waals surface area contributed by atoms with E-state index in [1.165, 1.54) is 5.56 Å². The smallest absolute Gasteiger partial charge is 0.123 e. The number of hydrogen-bond acceptors (Lipinski definition) is 3. The highest BCUT2D eigenvalue weighted by atomic mass is 16.5. The Kier molecular flexibility index (Phi) is 7.03. The largest absolute Gasteiger partial charge is 0.493 e. The molecule has 0 fully saturated rings. The molecule has 1 unspecified atom stereocenters. The minimum Gasteiger partial charge on any atom is -0.493 e. The number of benzene rings is 1. The van der Waals surface area contributed by atoms with Gasteiger partial charge in [-0.25, -0.2) is 0 Å². The van der Waals surface area contributed by atoms with E-state index in [4.69, 9.17) is 4.74 Å². The Bertz CT molecular complexity index is 385. The van der Waals surface area contributed by atoms with Crippen LogP contribution in [0.25, 0.3) is 0 Å². The Labute approximate surface area is 123 Å². The third-order valence-electron chi connectivity index (χ3n) is 3.32. The number of aliphatic hydroxyl groups is 1. The van der Waals surface area contributed by atoms with E-state index >= 15 is 0 Å². The van der Waals surface area contributed by atoms with E-state index in [1.807, 2.05) is 18.2 Å². The van der Waals surface area contributed by atoms with Crippen LogP contribution in [-0.2, 0) is 5.41 Å². The molecule has 0 aliphatic heterocycles. The number of aliphatic hydroxyl groups excluding tert-OH is 1. The van der Waals surface area contributed by atoms with Gasteiger partial charge in [0.05, 0.1) is 13.2 Å². The van der Waals surface area contributed by atoms with Gasteiger partial charge < -0.3 is 15.2 Å². The van der Waals surface area contributed by atoms with Crippen LogP contribution in [-0.4, -0.2) is 30.9 Å². The van der Waals surface area contributed by atoms with Gasteiger partial charge in [-0.1, -0.05) is 45.9 Å². The van der Waals surface area contributed by atoms with Crippen LogP contribution in [0.3, 0.4) is 0 Å². The van der Waals surface area contributed by atoms with E-state index in [-0.39, 0.29) is 18.1 Å². The molecular formula is C17H29NO2. The van der Waals surface area contributed by atoms with Crippen LogP contribution < -0.4 is 10.1 Å². The predicted octanol–water partition coefficient (Wildman–Crippen LogP) is 3.11. The number of para-hydroxylation sites is 1. The molecule has 1 rings (SSSR count). The Morgan fingerprint density at radius 3 is 2.55 bits per heavy atom. The summed E-state index contributed by atoms with van der Waals surface area (Å²) in [6.45, 7) is 10.4. The van der Waals surface area contributed by atoms with Gasteiger partial charge in [0.1, 0.15) is 5.75 Å². The van der Waals surface area contributed by atoms with Crippen LogP contribution in [0, 0.1) is 0 Å². The first-order valence-electron chi connectivity index (χ1n) is 7.55. The molecule has 0 aliphatic rings. The maximum absolute atomic E-state index is 9.32. The molecule has 114 valence electrons. The van der Waals surface area contributed by atoms with Crippen molar-refractivity contribution in [2.75, 3.05) is 19.8 Å². The van der Waals surface area contributed by atoms with Gasteiger partial charge in [-0.05, 0) is 36.4 Å². The molecule has 1 aromatic carbocycles. The zero-order chi connectivity index (χ0) is 15.0. The van der Waals surface area contributed by atoms with Crippen LogP contribution in [0.5, 0.6) is 5.75 Å². The quantitative estimate of drug-likeness (QED) is 0.768.